The lowest BCUT2D eigenvalue weighted by Crippen LogP contribution is -2.56. The maximum absolute atomic E-state index is 12.5. The number of ether oxygens (including phenoxy) is 1. The number of benzene rings is 2. The van der Waals surface area contributed by atoms with Gasteiger partial charge < -0.3 is 20.7 Å². The fourth-order valence-electron chi connectivity index (χ4n) is 2.20. The number of hydrogen-bond acceptors (Lipinski definition) is 5. The summed E-state index contributed by atoms with van der Waals surface area (Å²) in [6, 6.07) is 10.7. The van der Waals surface area contributed by atoms with Gasteiger partial charge in [0.05, 0.1) is 18.1 Å². The maximum Gasteiger partial charge on any atom is 0.296 e. The average molecular weight is 557 g/mol. The van der Waals surface area contributed by atoms with Crippen LogP contribution in [0.15, 0.2) is 46.9 Å². The molecule has 0 aliphatic carbocycles. The number of nitro benzene ring substituents is 1. The second-order valence-corrected chi connectivity index (χ2v) is 9.39. The smallest absolute Gasteiger partial charge is 0.296 e. The minimum Gasteiger partial charge on any atom is -0.496 e. The molecule has 2 aromatic carbocycles. The number of nitro groups is 1. The van der Waals surface area contributed by atoms with E-state index < -0.39 is 20.8 Å². The zero-order chi connectivity index (χ0) is 22.5. The minimum absolute atomic E-state index is 0.0839. The summed E-state index contributed by atoms with van der Waals surface area (Å²) in [6.45, 7) is 0. The number of methoxy groups -OCH3 is 1. The van der Waals surface area contributed by atoms with Gasteiger partial charge in [-0.3, -0.25) is 14.9 Å². The number of thiocarbonyl (C=S) groups is 1. The quantitative estimate of drug-likeness (QED) is 0.155. The van der Waals surface area contributed by atoms with Gasteiger partial charge in [-0.15, -0.1) is 0 Å². The molecule has 0 aliphatic rings. The molecule has 3 N–H and O–H groups in total. The lowest BCUT2D eigenvalue weighted by molar-refractivity contribution is -0.384. The Morgan fingerprint density at radius 1 is 1.20 bits per heavy atom. The zero-order valence-electron chi connectivity index (χ0n) is 15.1. The van der Waals surface area contributed by atoms with Gasteiger partial charge in [-0.1, -0.05) is 50.7 Å². The van der Waals surface area contributed by atoms with Gasteiger partial charge in [0, 0.05) is 10.0 Å². The van der Waals surface area contributed by atoms with E-state index in [2.05, 4.69) is 31.9 Å². The van der Waals surface area contributed by atoms with Crippen LogP contribution < -0.4 is 20.7 Å². The number of nitrogens with zero attached hydrogens (tertiary/aromatic N) is 1. The molecule has 0 bridgehead atoms. The molecular weight excluding hydrogens is 543 g/mol. The predicted molar refractivity (Wildman–Crippen MR) is 125 cm³/mol. The molecule has 0 unspecified atom stereocenters. The average Bonchev–Trinajstić information content (AvgIpc) is 2.67. The number of alkyl halides is 3. The molecule has 0 radical (unpaired) electrons. The third kappa shape index (κ3) is 6.85. The largest absolute Gasteiger partial charge is 0.496 e. The molecule has 1 atom stereocenters. The number of halogens is 4. The zero-order valence-corrected chi connectivity index (χ0v) is 19.8. The molecule has 0 aliphatic heterocycles. The van der Waals surface area contributed by atoms with Crippen LogP contribution in [0.1, 0.15) is 10.4 Å². The SMILES string of the molecule is COc1ccc(NC(=S)N[C@@H](NC(=O)c2ccc(Br)cc2)C(Cl)(Cl)Cl)c([N+](=O)[O-])c1. The van der Waals surface area contributed by atoms with Crippen molar-refractivity contribution in [3.05, 3.63) is 62.6 Å². The minimum atomic E-state index is -1.98. The Labute approximate surface area is 200 Å². The molecule has 13 heteroatoms. The van der Waals surface area contributed by atoms with E-state index in [1.165, 1.54) is 25.3 Å². The summed E-state index contributed by atoms with van der Waals surface area (Å²) in [5, 5.41) is 19.0. The Bertz CT molecular complexity index is 957. The first-order valence-corrected chi connectivity index (χ1v) is 10.4. The number of carbonyl (C=O) groups excluding carboxylic acids is 1. The molecule has 30 heavy (non-hydrogen) atoms. The van der Waals surface area contributed by atoms with E-state index in [9.17, 15) is 14.9 Å². The van der Waals surface area contributed by atoms with E-state index >= 15 is 0 Å². The highest BCUT2D eigenvalue weighted by Crippen LogP contribution is 2.31. The monoisotopic (exact) mass is 554 g/mol. The molecule has 0 saturated carbocycles. The Morgan fingerprint density at radius 3 is 2.37 bits per heavy atom. The van der Waals surface area contributed by atoms with Crippen LogP contribution >= 0.6 is 63.0 Å². The normalized spacial score (nSPS) is 11.9. The summed E-state index contributed by atoms with van der Waals surface area (Å²) in [4.78, 5) is 23.2. The Balaban J connectivity index is 2.15. The summed E-state index contributed by atoms with van der Waals surface area (Å²) in [7, 11) is 1.39. The number of rotatable bonds is 6. The maximum atomic E-state index is 12.5. The van der Waals surface area contributed by atoms with E-state index in [1.54, 1.807) is 24.3 Å². The number of anilines is 1. The second-order valence-electron chi connectivity index (χ2n) is 5.69. The molecule has 0 fully saturated rings. The van der Waals surface area contributed by atoms with Crippen LogP contribution in [-0.2, 0) is 0 Å². The lowest BCUT2D eigenvalue weighted by Gasteiger charge is -2.27. The van der Waals surface area contributed by atoms with Crippen molar-refractivity contribution in [3.8, 4) is 5.75 Å². The summed E-state index contributed by atoms with van der Waals surface area (Å²) in [5.74, 6) is -0.225. The first-order chi connectivity index (χ1) is 14.0. The van der Waals surface area contributed by atoms with E-state index in [0.717, 1.165) is 4.47 Å². The van der Waals surface area contributed by atoms with Gasteiger partial charge in [-0.2, -0.15) is 0 Å². The van der Waals surface area contributed by atoms with Crippen molar-refractivity contribution in [2.75, 3.05) is 12.4 Å². The van der Waals surface area contributed by atoms with Crippen LogP contribution in [0.25, 0.3) is 0 Å². The topological polar surface area (TPSA) is 106 Å². The molecule has 160 valence electrons. The van der Waals surface area contributed by atoms with Crippen molar-refractivity contribution < 1.29 is 14.5 Å². The van der Waals surface area contributed by atoms with Gasteiger partial charge in [-0.05, 0) is 48.6 Å². The second kappa shape index (κ2) is 10.5. The molecule has 0 heterocycles. The van der Waals surface area contributed by atoms with Crippen molar-refractivity contribution in [3.63, 3.8) is 0 Å². The Hall–Kier alpha value is -1.85. The van der Waals surface area contributed by atoms with E-state index in [4.69, 9.17) is 51.8 Å². The third-order valence-electron chi connectivity index (χ3n) is 3.63. The van der Waals surface area contributed by atoms with E-state index in [1.807, 2.05) is 0 Å². The summed E-state index contributed by atoms with van der Waals surface area (Å²) in [5.41, 5.74) is 0.132. The van der Waals surface area contributed by atoms with Gasteiger partial charge >= 0.3 is 0 Å². The van der Waals surface area contributed by atoms with Crippen molar-refractivity contribution in [1.82, 2.24) is 10.6 Å². The fraction of sp³-hybridized carbons (Fsp3) is 0.176. The highest BCUT2D eigenvalue weighted by atomic mass is 79.9. The van der Waals surface area contributed by atoms with Gasteiger partial charge in [0.2, 0.25) is 3.79 Å². The van der Waals surface area contributed by atoms with Crippen molar-refractivity contribution in [1.29, 1.82) is 0 Å². The van der Waals surface area contributed by atoms with Crippen LogP contribution in [0.5, 0.6) is 5.75 Å². The molecule has 0 aromatic heterocycles. The number of hydrogen-bond donors (Lipinski definition) is 3. The summed E-state index contributed by atoms with van der Waals surface area (Å²) < 4.78 is 3.79. The molecule has 8 nitrogen and oxygen atoms in total. The lowest BCUT2D eigenvalue weighted by atomic mass is 10.2. The predicted octanol–water partition coefficient (Wildman–Crippen LogP) is 4.78. The third-order valence-corrected chi connectivity index (χ3v) is 5.04. The van der Waals surface area contributed by atoms with Crippen LogP contribution in [0.3, 0.4) is 0 Å². The Kier molecular flexibility index (Phi) is 8.51. The van der Waals surface area contributed by atoms with Crippen LogP contribution in [0.4, 0.5) is 11.4 Å². The fourth-order valence-corrected chi connectivity index (χ4v) is 3.02. The highest BCUT2D eigenvalue weighted by molar-refractivity contribution is 9.10. The Morgan fingerprint density at radius 2 is 1.83 bits per heavy atom. The van der Waals surface area contributed by atoms with Gasteiger partial charge in [0.25, 0.3) is 11.6 Å². The van der Waals surface area contributed by atoms with Crippen LogP contribution in [-0.4, -0.2) is 33.0 Å². The van der Waals surface area contributed by atoms with Gasteiger partial charge in [0.15, 0.2) is 5.11 Å². The highest BCUT2D eigenvalue weighted by Gasteiger charge is 2.35. The standard InChI is InChI=1S/C17H14BrCl3N4O4S/c1-29-11-6-7-12(13(8-11)25(27)28)22-16(30)24-15(17(19,20)21)23-14(26)9-2-4-10(18)5-3-9/h2-8,15H,1H3,(H,23,26)(H2,22,24,30)/t15-/m1/s1. The molecule has 1 amide bonds. The van der Waals surface area contributed by atoms with Crippen molar-refractivity contribution in [2.45, 2.75) is 9.96 Å². The summed E-state index contributed by atoms with van der Waals surface area (Å²) in [6.07, 6.45) is -1.24. The van der Waals surface area contributed by atoms with Gasteiger partial charge in [-0.25, -0.2) is 0 Å². The van der Waals surface area contributed by atoms with Gasteiger partial charge in [0.1, 0.15) is 17.6 Å². The van der Waals surface area contributed by atoms with E-state index in [0.29, 0.717) is 11.3 Å². The van der Waals surface area contributed by atoms with Crippen molar-refractivity contribution in [2.24, 2.45) is 0 Å². The van der Waals surface area contributed by atoms with Crippen LogP contribution in [0.2, 0.25) is 0 Å². The molecule has 2 aromatic rings. The first-order valence-electron chi connectivity index (χ1n) is 8.04. The first kappa shape index (κ1) is 24.4. The molecule has 0 spiro atoms. The van der Waals surface area contributed by atoms with E-state index in [-0.39, 0.29) is 16.5 Å². The molecular formula is C17H14BrCl3N4O4S. The van der Waals surface area contributed by atoms with Crippen molar-refractivity contribution >= 4 is 85.3 Å². The molecule has 0 saturated heterocycles. The number of nitrogens with one attached hydrogen (secondary N) is 3. The number of carbonyl (C=O) groups is 1. The number of amides is 1. The molecule has 2 rings (SSSR count). The summed E-state index contributed by atoms with van der Waals surface area (Å²) >= 11 is 26.3. The van der Waals surface area contributed by atoms with Crippen LogP contribution in [0, 0.1) is 10.1 Å².